The Hall–Kier alpha value is -2.90. The first-order valence-corrected chi connectivity index (χ1v) is 8.65. The van der Waals surface area contributed by atoms with Crippen LogP contribution in [0.25, 0.3) is 11.6 Å². The minimum absolute atomic E-state index is 0.0389. The largest absolute Gasteiger partial charge is 0.461 e. The minimum Gasteiger partial charge on any atom is -0.461 e. The van der Waals surface area contributed by atoms with E-state index in [2.05, 4.69) is 27.5 Å². The molecule has 3 aromatic rings. The quantitative estimate of drug-likeness (QED) is 0.665. The Kier molecular flexibility index (Phi) is 5.50. The molecule has 1 N–H and O–H groups in total. The first kappa shape index (κ1) is 17.9. The van der Waals surface area contributed by atoms with Crippen molar-refractivity contribution in [3.8, 4) is 11.6 Å². The molecular formula is C18H23N5O3. The summed E-state index contributed by atoms with van der Waals surface area (Å²) in [5.41, 5.74) is 2.14. The smallest absolute Gasteiger partial charge is 0.238 e. The van der Waals surface area contributed by atoms with Crippen molar-refractivity contribution < 1.29 is 13.7 Å². The highest BCUT2D eigenvalue weighted by Gasteiger charge is 2.13. The highest BCUT2D eigenvalue weighted by atomic mass is 16.5. The van der Waals surface area contributed by atoms with Crippen molar-refractivity contribution in [3.63, 3.8) is 0 Å². The zero-order chi connectivity index (χ0) is 18.5. The number of furan rings is 1. The number of carbonyl (C=O) groups excluding carboxylic acids is 1. The van der Waals surface area contributed by atoms with Gasteiger partial charge >= 0.3 is 0 Å². The average Bonchev–Trinajstić information content (AvgIpc) is 3.32. The molecule has 8 nitrogen and oxygen atoms in total. The predicted octanol–water partition coefficient (Wildman–Crippen LogP) is 2.53. The molecule has 0 spiro atoms. The third-order valence-electron chi connectivity index (χ3n) is 4.01. The number of aryl methyl sites for hydroxylation is 3. The van der Waals surface area contributed by atoms with Gasteiger partial charge in [-0.15, -0.1) is 0 Å². The molecule has 8 heteroatoms. The number of aromatic nitrogens is 4. The molecule has 0 aliphatic carbocycles. The van der Waals surface area contributed by atoms with E-state index in [4.69, 9.17) is 8.94 Å². The normalized spacial score (nSPS) is 12.3. The maximum Gasteiger partial charge on any atom is 0.238 e. The number of hydrogen-bond donors (Lipinski definition) is 1. The highest BCUT2D eigenvalue weighted by molar-refractivity contribution is 5.76. The second kappa shape index (κ2) is 7.99. The van der Waals surface area contributed by atoms with Gasteiger partial charge in [-0.05, 0) is 38.0 Å². The Bertz CT molecular complexity index is 850. The van der Waals surface area contributed by atoms with Crippen molar-refractivity contribution in [1.82, 2.24) is 25.2 Å². The van der Waals surface area contributed by atoms with Crippen LogP contribution in [-0.2, 0) is 17.8 Å². The third-order valence-corrected chi connectivity index (χ3v) is 4.01. The van der Waals surface area contributed by atoms with Crippen molar-refractivity contribution in [1.29, 1.82) is 0 Å². The Balaban J connectivity index is 1.41. The van der Waals surface area contributed by atoms with Gasteiger partial charge in [-0.25, -0.2) is 0 Å². The Morgan fingerprint density at radius 2 is 2.23 bits per heavy atom. The molecule has 0 aromatic carbocycles. The molecule has 26 heavy (non-hydrogen) atoms. The van der Waals surface area contributed by atoms with Crippen molar-refractivity contribution in [2.45, 2.75) is 40.2 Å². The van der Waals surface area contributed by atoms with Crippen molar-refractivity contribution in [2.24, 2.45) is 5.92 Å². The Labute approximate surface area is 151 Å². The van der Waals surface area contributed by atoms with Crippen LogP contribution in [0.3, 0.4) is 0 Å². The van der Waals surface area contributed by atoms with Crippen LogP contribution in [-0.4, -0.2) is 32.4 Å². The second-order valence-electron chi connectivity index (χ2n) is 6.51. The van der Waals surface area contributed by atoms with E-state index in [1.165, 1.54) is 0 Å². The number of amides is 1. The number of carbonyl (C=O) groups is 1. The highest BCUT2D eigenvalue weighted by Crippen LogP contribution is 2.16. The van der Waals surface area contributed by atoms with Gasteiger partial charge in [0.15, 0.2) is 5.76 Å². The van der Waals surface area contributed by atoms with Crippen LogP contribution in [0.2, 0.25) is 0 Å². The van der Waals surface area contributed by atoms with Gasteiger partial charge in [0.25, 0.3) is 0 Å². The van der Waals surface area contributed by atoms with E-state index in [1.807, 2.05) is 24.6 Å². The summed E-state index contributed by atoms with van der Waals surface area (Å²) >= 11 is 0. The molecule has 138 valence electrons. The van der Waals surface area contributed by atoms with Gasteiger partial charge in [0.05, 0.1) is 12.0 Å². The Morgan fingerprint density at radius 1 is 1.38 bits per heavy atom. The molecule has 1 unspecified atom stereocenters. The van der Waals surface area contributed by atoms with E-state index in [9.17, 15) is 4.79 Å². The number of nitrogens with zero attached hydrogens (tertiary/aromatic N) is 4. The van der Waals surface area contributed by atoms with Gasteiger partial charge in [-0.3, -0.25) is 9.48 Å². The third kappa shape index (κ3) is 4.59. The molecule has 0 aliphatic rings. The number of hydrogen-bond acceptors (Lipinski definition) is 6. The van der Waals surface area contributed by atoms with Gasteiger partial charge in [0.2, 0.25) is 17.6 Å². The summed E-state index contributed by atoms with van der Waals surface area (Å²) in [6.07, 6.45) is 2.24. The predicted molar refractivity (Wildman–Crippen MR) is 94.2 cm³/mol. The molecule has 3 aromatic heterocycles. The second-order valence-corrected chi connectivity index (χ2v) is 6.51. The van der Waals surface area contributed by atoms with Crippen molar-refractivity contribution in [3.05, 3.63) is 41.7 Å². The maximum atomic E-state index is 12.0. The molecule has 0 radical (unpaired) electrons. The van der Waals surface area contributed by atoms with Gasteiger partial charge in [-0.1, -0.05) is 12.1 Å². The van der Waals surface area contributed by atoms with E-state index >= 15 is 0 Å². The van der Waals surface area contributed by atoms with E-state index in [0.717, 1.165) is 17.9 Å². The monoisotopic (exact) mass is 357 g/mol. The summed E-state index contributed by atoms with van der Waals surface area (Å²) in [5, 5.41) is 11.2. The first-order chi connectivity index (χ1) is 12.5. The van der Waals surface area contributed by atoms with Crippen LogP contribution < -0.4 is 5.32 Å². The zero-order valence-corrected chi connectivity index (χ0v) is 15.2. The summed E-state index contributed by atoms with van der Waals surface area (Å²) in [4.78, 5) is 16.3. The van der Waals surface area contributed by atoms with Crippen LogP contribution in [0.5, 0.6) is 0 Å². The first-order valence-electron chi connectivity index (χ1n) is 8.65. The fraction of sp³-hybridized carbons (Fsp3) is 0.444. The fourth-order valence-electron chi connectivity index (χ4n) is 2.68. The SMILES string of the molecule is Cc1cc(C)n(CC(C)CNC(=O)CCc2nc(-c3ccco3)no2)n1. The van der Waals surface area contributed by atoms with Crippen LogP contribution >= 0.6 is 0 Å². The van der Waals surface area contributed by atoms with E-state index in [-0.39, 0.29) is 11.8 Å². The van der Waals surface area contributed by atoms with Gasteiger partial charge < -0.3 is 14.3 Å². The maximum absolute atomic E-state index is 12.0. The van der Waals surface area contributed by atoms with E-state index in [0.29, 0.717) is 36.9 Å². The molecule has 1 atom stereocenters. The average molecular weight is 357 g/mol. The van der Waals surface area contributed by atoms with E-state index in [1.54, 1.807) is 18.4 Å². The molecule has 0 saturated heterocycles. The van der Waals surface area contributed by atoms with Gasteiger partial charge in [-0.2, -0.15) is 10.1 Å². The van der Waals surface area contributed by atoms with Crippen molar-refractivity contribution in [2.75, 3.05) is 6.54 Å². The lowest BCUT2D eigenvalue weighted by atomic mass is 10.1. The van der Waals surface area contributed by atoms with Gasteiger partial charge in [0, 0.05) is 31.6 Å². The minimum atomic E-state index is -0.0389. The molecule has 3 heterocycles. The number of rotatable bonds is 8. The van der Waals surface area contributed by atoms with Crippen LogP contribution in [0.15, 0.2) is 33.4 Å². The molecule has 0 aliphatic heterocycles. The van der Waals surface area contributed by atoms with Crippen LogP contribution in [0.1, 0.15) is 30.6 Å². The molecule has 1 amide bonds. The summed E-state index contributed by atoms with van der Waals surface area (Å²) in [5.74, 6) is 1.60. The zero-order valence-electron chi connectivity index (χ0n) is 15.2. The lowest BCUT2D eigenvalue weighted by Crippen LogP contribution is -2.30. The van der Waals surface area contributed by atoms with Gasteiger partial charge in [0.1, 0.15) is 0 Å². The molecule has 3 rings (SSSR count). The fourth-order valence-corrected chi connectivity index (χ4v) is 2.68. The number of nitrogens with one attached hydrogen (secondary N) is 1. The molecular weight excluding hydrogens is 334 g/mol. The molecule has 0 fully saturated rings. The standard InChI is InChI=1S/C18H23N5O3/c1-12(11-23-14(3)9-13(2)21-23)10-19-16(24)6-7-17-20-18(22-26-17)15-5-4-8-25-15/h4-5,8-9,12H,6-7,10-11H2,1-3H3,(H,19,24). The summed E-state index contributed by atoms with van der Waals surface area (Å²) < 4.78 is 12.3. The van der Waals surface area contributed by atoms with Crippen LogP contribution in [0.4, 0.5) is 0 Å². The lowest BCUT2D eigenvalue weighted by molar-refractivity contribution is -0.121. The molecule has 0 bridgehead atoms. The van der Waals surface area contributed by atoms with E-state index < -0.39 is 0 Å². The lowest BCUT2D eigenvalue weighted by Gasteiger charge is -2.13. The van der Waals surface area contributed by atoms with Crippen LogP contribution in [0, 0.1) is 19.8 Å². The molecule has 0 saturated carbocycles. The Morgan fingerprint density at radius 3 is 2.92 bits per heavy atom. The summed E-state index contributed by atoms with van der Waals surface area (Å²) in [7, 11) is 0. The summed E-state index contributed by atoms with van der Waals surface area (Å²) in [6, 6.07) is 5.56. The summed E-state index contributed by atoms with van der Waals surface area (Å²) in [6.45, 7) is 7.47. The van der Waals surface area contributed by atoms with Crippen molar-refractivity contribution >= 4 is 5.91 Å². The topological polar surface area (TPSA) is 99.0 Å².